The number of carbonyl (C=O) groups excluding carboxylic acids is 1. The summed E-state index contributed by atoms with van der Waals surface area (Å²) in [5.41, 5.74) is 0.947. The smallest absolute Gasteiger partial charge is 0.322 e. The van der Waals surface area contributed by atoms with Crippen molar-refractivity contribution in [3.8, 4) is 11.5 Å². The highest BCUT2D eigenvalue weighted by Gasteiger charge is 2.13. The Morgan fingerprint density at radius 2 is 2.04 bits per heavy atom. The molecule has 1 aromatic heterocycles. The van der Waals surface area contributed by atoms with E-state index in [0.29, 0.717) is 11.1 Å². The fraction of sp³-hybridized carbons (Fsp3) is 0.118. The molecule has 0 atom stereocenters. The third-order valence-corrected chi connectivity index (χ3v) is 4.00. The zero-order valence-electron chi connectivity index (χ0n) is 12.8. The first kappa shape index (κ1) is 16.2. The SMILES string of the molecule is CCSc1cccc(C(=O)Nc2nnc(-c3cccc(F)c3)o2)c1. The van der Waals surface area contributed by atoms with Crippen molar-refractivity contribution in [3.05, 3.63) is 59.9 Å². The van der Waals surface area contributed by atoms with Gasteiger partial charge in [0.05, 0.1) is 0 Å². The van der Waals surface area contributed by atoms with Crippen molar-refractivity contribution in [1.82, 2.24) is 10.2 Å². The summed E-state index contributed by atoms with van der Waals surface area (Å²) >= 11 is 1.65. The number of benzene rings is 2. The van der Waals surface area contributed by atoms with Gasteiger partial charge in [-0.05, 0) is 42.2 Å². The van der Waals surface area contributed by atoms with Gasteiger partial charge in [-0.3, -0.25) is 10.1 Å². The predicted molar refractivity (Wildman–Crippen MR) is 90.5 cm³/mol. The largest absolute Gasteiger partial charge is 0.403 e. The van der Waals surface area contributed by atoms with Crippen molar-refractivity contribution >= 4 is 23.7 Å². The van der Waals surface area contributed by atoms with Gasteiger partial charge < -0.3 is 4.42 Å². The van der Waals surface area contributed by atoms with Crippen LogP contribution in [0.5, 0.6) is 0 Å². The monoisotopic (exact) mass is 343 g/mol. The van der Waals surface area contributed by atoms with Gasteiger partial charge in [0.2, 0.25) is 5.89 Å². The van der Waals surface area contributed by atoms with Gasteiger partial charge in [0.15, 0.2) is 0 Å². The summed E-state index contributed by atoms with van der Waals surface area (Å²) in [6.45, 7) is 2.05. The molecular weight excluding hydrogens is 329 g/mol. The van der Waals surface area contributed by atoms with Gasteiger partial charge in [-0.2, -0.15) is 0 Å². The number of halogens is 1. The van der Waals surface area contributed by atoms with Crippen LogP contribution in [0.2, 0.25) is 0 Å². The molecule has 0 spiro atoms. The molecule has 1 amide bonds. The first-order valence-corrected chi connectivity index (χ1v) is 8.28. The molecule has 2 aromatic carbocycles. The Hall–Kier alpha value is -2.67. The van der Waals surface area contributed by atoms with Gasteiger partial charge in [0.25, 0.3) is 5.91 Å². The first-order chi connectivity index (χ1) is 11.7. The molecule has 1 N–H and O–H groups in total. The van der Waals surface area contributed by atoms with Gasteiger partial charge in [-0.25, -0.2) is 4.39 Å². The van der Waals surface area contributed by atoms with E-state index in [1.807, 2.05) is 19.1 Å². The quantitative estimate of drug-likeness (QED) is 0.702. The molecule has 0 bridgehead atoms. The fourth-order valence-electron chi connectivity index (χ4n) is 2.07. The minimum absolute atomic E-state index is 0.0344. The molecule has 7 heteroatoms. The summed E-state index contributed by atoms with van der Waals surface area (Å²) < 4.78 is 18.6. The number of rotatable bonds is 5. The number of hydrogen-bond donors (Lipinski definition) is 1. The number of thioether (sulfide) groups is 1. The van der Waals surface area contributed by atoms with E-state index in [4.69, 9.17) is 4.42 Å². The summed E-state index contributed by atoms with van der Waals surface area (Å²) in [6.07, 6.45) is 0. The van der Waals surface area contributed by atoms with E-state index in [1.54, 1.807) is 36.0 Å². The highest BCUT2D eigenvalue weighted by atomic mass is 32.2. The maximum Gasteiger partial charge on any atom is 0.322 e. The first-order valence-electron chi connectivity index (χ1n) is 7.29. The predicted octanol–water partition coefficient (Wildman–Crippen LogP) is 4.24. The Labute approximate surface area is 142 Å². The number of aromatic nitrogens is 2. The van der Waals surface area contributed by atoms with Crippen LogP contribution >= 0.6 is 11.8 Å². The Kier molecular flexibility index (Phi) is 4.90. The van der Waals surface area contributed by atoms with Crippen LogP contribution in [0.4, 0.5) is 10.4 Å². The molecule has 0 saturated carbocycles. The van der Waals surface area contributed by atoms with Crippen LogP contribution in [0.1, 0.15) is 17.3 Å². The van der Waals surface area contributed by atoms with Crippen molar-refractivity contribution in [3.63, 3.8) is 0 Å². The second kappa shape index (κ2) is 7.27. The molecule has 3 aromatic rings. The lowest BCUT2D eigenvalue weighted by Gasteiger charge is -2.03. The van der Waals surface area contributed by atoms with Crippen LogP contribution in [0.25, 0.3) is 11.5 Å². The molecule has 1 heterocycles. The van der Waals surface area contributed by atoms with E-state index in [-0.39, 0.29) is 17.8 Å². The van der Waals surface area contributed by atoms with E-state index in [1.165, 1.54) is 12.1 Å². The molecule has 0 aliphatic rings. The number of carbonyl (C=O) groups is 1. The van der Waals surface area contributed by atoms with Crippen LogP contribution < -0.4 is 5.32 Å². The van der Waals surface area contributed by atoms with Crippen LogP contribution in [0.3, 0.4) is 0 Å². The standard InChI is InChI=1S/C17H14FN3O2S/c1-2-24-14-8-4-5-11(10-14)15(22)19-17-21-20-16(23-17)12-6-3-7-13(18)9-12/h3-10H,2H2,1H3,(H,19,21,22). The van der Waals surface area contributed by atoms with Gasteiger partial charge in [0.1, 0.15) is 5.82 Å². The molecular formula is C17H14FN3O2S. The third kappa shape index (κ3) is 3.80. The number of anilines is 1. The van der Waals surface area contributed by atoms with Crippen LogP contribution in [0.15, 0.2) is 57.8 Å². The summed E-state index contributed by atoms with van der Waals surface area (Å²) in [4.78, 5) is 13.3. The zero-order valence-corrected chi connectivity index (χ0v) is 13.6. The van der Waals surface area contributed by atoms with Crippen molar-refractivity contribution in [2.45, 2.75) is 11.8 Å². The van der Waals surface area contributed by atoms with E-state index in [9.17, 15) is 9.18 Å². The van der Waals surface area contributed by atoms with Gasteiger partial charge in [0, 0.05) is 16.0 Å². The summed E-state index contributed by atoms with van der Waals surface area (Å²) in [7, 11) is 0. The average molecular weight is 343 g/mol. The highest BCUT2D eigenvalue weighted by Crippen LogP contribution is 2.22. The van der Waals surface area contributed by atoms with E-state index < -0.39 is 5.82 Å². The number of nitrogens with zero attached hydrogens (tertiary/aromatic N) is 2. The second-order valence-electron chi connectivity index (χ2n) is 4.84. The van der Waals surface area contributed by atoms with Crippen molar-refractivity contribution < 1.29 is 13.6 Å². The topological polar surface area (TPSA) is 68.0 Å². The van der Waals surface area contributed by atoms with Crippen molar-refractivity contribution in [2.75, 3.05) is 11.1 Å². The molecule has 0 fully saturated rings. The Balaban J connectivity index is 1.75. The Morgan fingerprint density at radius 1 is 1.21 bits per heavy atom. The molecule has 24 heavy (non-hydrogen) atoms. The van der Waals surface area contributed by atoms with Crippen LogP contribution in [-0.4, -0.2) is 21.9 Å². The van der Waals surface area contributed by atoms with Crippen molar-refractivity contribution in [2.24, 2.45) is 0 Å². The average Bonchev–Trinajstić information content (AvgIpc) is 3.04. The fourth-order valence-corrected chi connectivity index (χ4v) is 2.79. The van der Waals surface area contributed by atoms with Crippen LogP contribution in [-0.2, 0) is 0 Å². The van der Waals surface area contributed by atoms with Crippen LogP contribution in [0, 0.1) is 5.82 Å². The normalized spacial score (nSPS) is 10.6. The molecule has 0 unspecified atom stereocenters. The maximum absolute atomic E-state index is 13.2. The highest BCUT2D eigenvalue weighted by molar-refractivity contribution is 7.99. The summed E-state index contributed by atoms with van der Waals surface area (Å²) in [6, 6.07) is 13.0. The lowest BCUT2D eigenvalue weighted by molar-refractivity contribution is 0.102. The maximum atomic E-state index is 13.2. The van der Waals surface area contributed by atoms with E-state index >= 15 is 0 Å². The molecule has 0 aliphatic carbocycles. The number of nitrogens with one attached hydrogen (secondary N) is 1. The Bertz CT molecular complexity index is 866. The lowest BCUT2D eigenvalue weighted by Crippen LogP contribution is -2.12. The van der Waals surface area contributed by atoms with Gasteiger partial charge >= 0.3 is 6.01 Å². The van der Waals surface area contributed by atoms with E-state index in [2.05, 4.69) is 15.5 Å². The van der Waals surface area contributed by atoms with E-state index in [0.717, 1.165) is 10.6 Å². The molecule has 0 aliphatic heterocycles. The second-order valence-corrected chi connectivity index (χ2v) is 6.18. The number of hydrogen-bond acceptors (Lipinski definition) is 5. The molecule has 122 valence electrons. The lowest BCUT2D eigenvalue weighted by atomic mass is 10.2. The molecule has 3 rings (SSSR count). The summed E-state index contributed by atoms with van der Waals surface area (Å²) in [5.74, 6) is 0.316. The van der Waals surface area contributed by atoms with Crippen molar-refractivity contribution in [1.29, 1.82) is 0 Å². The minimum atomic E-state index is -0.401. The molecule has 0 saturated heterocycles. The van der Waals surface area contributed by atoms with Gasteiger partial charge in [-0.15, -0.1) is 16.9 Å². The third-order valence-electron chi connectivity index (χ3n) is 3.12. The van der Waals surface area contributed by atoms with Gasteiger partial charge in [-0.1, -0.05) is 24.2 Å². The molecule has 0 radical (unpaired) electrons. The number of amides is 1. The molecule has 5 nitrogen and oxygen atoms in total. The Morgan fingerprint density at radius 3 is 2.83 bits per heavy atom. The minimum Gasteiger partial charge on any atom is -0.403 e. The zero-order chi connectivity index (χ0) is 16.9. The summed E-state index contributed by atoms with van der Waals surface area (Å²) in [5, 5.41) is 10.1.